The average molecular weight is 225 g/mol. The van der Waals surface area contributed by atoms with Gasteiger partial charge in [0.15, 0.2) is 0 Å². The van der Waals surface area contributed by atoms with Gasteiger partial charge in [-0.05, 0) is 31.6 Å². The summed E-state index contributed by atoms with van der Waals surface area (Å²) in [6.45, 7) is 9.10. The van der Waals surface area contributed by atoms with E-state index < -0.39 is 0 Å². The normalized spacial score (nSPS) is 26.1. The zero-order valence-corrected chi connectivity index (χ0v) is 10.7. The maximum absolute atomic E-state index is 11.9. The highest BCUT2D eigenvalue weighted by Crippen LogP contribution is 2.59. The van der Waals surface area contributed by atoms with E-state index >= 15 is 0 Å². The van der Waals surface area contributed by atoms with Gasteiger partial charge in [-0.3, -0.25) is 4.79 Å². The van der Waals surface area contributed by atoms with Crippen molar-refractivity contribution in [2.24, 2.45) is 17.3 Å². The van der Waals surface area contributed by atoms with Crippen molar-refractivity contribution in [3.8, 4) is 0 Å². The number of allylic oxidation sites excluding steroid dienone is 2. The van der Waals surface area contributed by atoms with Gasteiger partial charge in [-0.2, -0.15) is 0 Å². The van der Waals surface area contributed by atoms with Crippen molar-refractivity contribution in [1.29, 1.82) is 0 Å². The summed E-state index contributed by atoms with van der Waals surface area (Å²) >= 11 is 0. The average Bonchev–Trinajstić information content (AvgIpc) is 2.67. The van der Waals surface area contributed by atoms with Crippen molar-refractivity contribution in [3.63, 3.8) is 0 Å². The number of carbonyl (C=O) groups excluding carboxylic acids is 1. The molecule has 0 radical (unpaired) electrons. The van der Waals surface area contributed by atoms with Crippen LogP contribution in [0.2, 0.25) is 0 Å². The molecule has 1 saturated carbocycles. The standard InChI is InChI=1S/C13H23NO2/c1-9(2)8-10-11(13(10,3)4)12(16)14-6-5-7-15/h8,10-11,15H,5-7H2,1-4H3,(H,14,16). The molecule has 0 saturated heterocycles. The molecular formula is C13H23NO2. The number of amides is 1. The van der Waals surface area contributed by atoms with Crippen LogP contribution in [0.25, 0.3) is 0 Å². The zero-order valence-electron chi connectivity index (χ0n) is 10.7. The molecular weight excluding hydrogens is 202 g/mol. The van der Waals surface area contributed by atoms with E-state index in [4.69, 9.17) is 5.11 Å². The number of aliphatic hydroxyl groups is 1. The highest BCUT2D eigenvalue weighted by Gasteiger charge is 2.60. The second kappa shape index (κ2) is 5.00. The third kappa shape index (κ3) is 2.85. The van der Waals surface area contributed by atoms with Gasteiger partial charge in [-0.25, -0.2) is 0 Å². The van der Waals surface area contributed by atoms with Gasteiger partial charge in [0.25, 0.3) is 0 Å². The molecule has 0 aromatic carbocycles. The molecule has 2 atom stereocenters. The Bertz CT molecular complexity index is 290. The minimum Gasteiger partial charge on any atom is -0.396 e. The van der Waals surface area contributed by atoms with Crippen molar-refractivity contribution in [1.82, 2.24) is 5.32 Å². The summed E-state index contributed by atoms with van der Waals surface area (Å²) in [5.41, 5.74) is 1.35. The second-order valence-corrected chi connectivity index (χ2v) is 5.44. The van der Waals surface area contributed by atoms with E-state index in [1.165, 1.54) is 5.57 Å². The van der Waals surface area contributed by atoms with Gasteiger partial charge in [0, 0.05) is 13.2 Å². The van der Waals surface area contributed by atoms with Crippen LogP contribution in [-0.4, -0.2) is 24.2 Å². The lowest BCUT2D eigenvalue weighted by Gasteiger charge is -2.04. The molecule has 3 nitrogen and oxygen atoms in total. The molecule has 0 bridgehead atoms. The SMILES string of the molecule is CC(C)=CC1C(C(=O)NCCCO)C1(C)C. The fraction of sp³-hybridized carbons (Fsp3) is 0.769. The maximum atomic E-state index is 11.9. The molecule has 1 aliphatic carbocycles. The van der Waals surface area contributed by atoms with Crippen LogP contribution < -0.4 is 5.32 Å². The predicted molar refractivity (Wildman–Crippen MR) is 64.9 cm³/mol. The molecule has 1 fully saturated rings. The summed E-state index contributed by atoms with van der Waals surface area (Å²) in [5.74, 6) is 0.591. The lowest BCUT2D eigenvalue weighted by Crippen LogP contribution is -2.28. The highest BCUT2D eigenvalue weighted by molar-refractivity contribution is 5.83. The van der Waals surface area contributed by atoms with Crippen LogP contribution in [0.1, 0.15) is 34.1 Å². The van der Waals surface area contributed by atoms with Crippen LogP contribution in [-0.2, 0) is 4.79 Å². The van der Waals surface area contributed by atoms with Gasteiger partial charge in [0.2, 0.25) is 5.91 Å². The molecule has 0 spiro atoms. The summed E-state index contributed by atoms with van der Waals surface area (Å²) in [6.07, 6.45) is 2.82. The Labute approximate surface area is 97.9 Å². The molecule has 92 valence electrons. The summed E-state index contributed by atoms with van der Waals surface area (Å²) in [5, 5.41) is 11.5. The highest BCUT2D eigenvalue weighted by atomic mass is 16.3. The molecule has 0 aromatic heterocycles. The van der Waals surface area contributed by atoms with Gasteiger partial charge in [0.1, 0.15) is 0 Å². The number of nitrogens with one attached hydrogen (secondary N) is 1. The fourth-order valence-corrected chi connectivity index (χ4v) is 2.25. The van der Waals surface area contributed by atoms with E-state index in [9.17, 15) is 4.79 Å². The van der Waals surface area contributed by atoms with Crippen molar-refractivity contribution >= 4 is 5.91 Å². The number of aliphatic hydroxyl groups excluding tert-OH is 1. The van der Waals surface area contributed by atoms with Gasteiger partial charge < -0.3 is 10.4 Å². The molecule has 1 rings (SSSR count). The van der Waals surface area contributed by atoms with Crippen LogP contribution in [0.5, 0.6) is 0 Å². The first-order valence-electron chi connectivity index (χ1n) is 5.95. The van der Waals surface area contributed by atoms with E-state index in [0.29, 0.717) is 18.9 Å². The van der Waals surface area contributed by atoms with Gasteiger partial charge in [-0.1, -0.05) is 25.5 Å². The van der Waals surface area contributed by atoms with E-state index in [0.717, 1.165) is 0 Å². The largest absolute Gasteiger partial charge is 0.396 e. The Kier molecular flexibility index (Phi) is 4.14. The monoisotopic (exact) mass is 225 g/mol. The Morgan fingerprint density at radius 3 is 2.56 bits per heavy atom. The minimum absolute atomic E-state index is 0.0839. The Morgan fingerprint density at radius 2 is 2.06 bits per heavy atom. The third-order valence-electron chi connectivity index (χ3n) is 3.34. The van der Waals surface area contributed by atoms with E-state index in [1.54, 1.807) is 0 Å². The summed E-state index contributed by atoms with van der Waals surface area (Å²) in [6, 6.07) is 0. The lowest BCUT2D eigenvalue weighted by molar-refractivity contribution is -0.123. The first kappa shape index (κ1) is 13.2. The molecule has 16 heavy (non-hydrogen) atoms. The van der Waals surface area contributed by atoms with E-state index in [-0.39, 0.29) is 23.8 Å². The zero-order chi connectivity index (χ0) is 12.3. The minimum atomic E-state index is 0.0839. The molecule has 1 amide bonds. The predicted octanol–water partition coefficient (Wildman–Crippen LogP) is 1.72. The van der Waals surface area contributed by atoms with Crippen molar-refractivity contribution in [2.45, 2.75) is 34.1 Å². The fourth-order valence-electron chi connectivity index (χ4n) is 2.25. The quantitative estimate of drug-likeness (QED) is 0.553. The molecule has 2 unspecified atom stereocenters. The van der Waals surface area contributed by atoms with Gasteiger partial charge in [0.05, 0.1) is 5.92 Å². The Morgan fingerprint density at radius 1 is 1.44 bits per heavy atom. The van der Waals surface area contributed by atoms with Crippen molar-refractivity contribution < 1.29 is 9.90 Å². The van der Waals surface area contributed by atoms with Gasteiger partial charge in [-0.15, -0.1) is 0 Å². The first-order chi connectivity index (χ1) is 7.41. The molecule has 1 aliphatic rings. The molecule has 3 heteroatoms. The molecule has 0 heterocycles. The van der Waals surface area contributed by atoms with Crippen molar-refractivity contribution in [2.75, 3.05) is 13.2 Å². The maximum Gasteiger partial charge on any atom is 0.224 e. The van der Waals surface area contributed by atoms with E-state index in [2.05, 4.69) is 39.1 Å². The topological polar surface area (TPSA) is 49.3 Å². The lowest BCUT2D eigenvalue weighted by atomic mass is 10.1. The van der Waals surface area contributed by atoms with Crippen LogP contribution >= 0.6 is 0 Å². The summed E-state index contributed by atoms with van der Waals surface area (Å²) in [4.78, 5) is 11.9. The molecule has 2 N–H and O–H groups in total. The summed E-state index contributed by atoms with van der Waals surface area (Å²) in [7, 11) is 0. The van der Waals surface area contributed by atoms with Crippen LogP contribution in [0, 0.1) is 17.3 Å². The number of hydrogen-bond acceptors (Lipinski definition) is 2. The Hall–Kier alpha value is -0.830. The second-order valence-electron chi connectivity index (χ2n) is 5.44. The first-order valence-corrected chi connectivity index (χ1v) is 5.95. The third-order valence-corrected chi connectivity index (χ3v) is 3.34. The summed E-state index contributed by atoms with van der Waals surface area (Å²) < 4.78 is 0. The van der Waals surface area contributed by atoms with Crippen LogP contribution in [0.3, 0.4) is 0 Å². The van der Waals surface area contributed by atoms with E-state index in [1.807, 2.05) is 0 Å². The smallest absolute Gasteiger partial charge is 0.224 e. The van der Waals surface area contributed by atoms with Gasteiger partial charge >= 0.3 is 0 Å². The number of hydrogen-bond donors (Lipinski definition) is 2. The molecule has 0 aliphatic heterocycles. The molecule has 0 aromatic rings. The number of rotatable bonds is 5. The van der Waals surface area contributed by atoms with Crippen molar-refractivity contribution in [3.05, 3.63) is 11.6 Å². The Balaban J connectivity index is 2.49. The number of carbonyl (C=O) groups is 1. The van der Waals surface area contributed by atoms with Crippen LogP contribution in [0.15, 0.2) is 11.6 Å². The van der Waals surface area contributed by atoms with Crippen LogP contribution in [0.4, 0.5) is 0 Å².